The van der Waals surface area contributed by atoms with Gasteiger partial charge in [-0.1, -0.05) is 0 Å². The van der Waals surface area contributed by atoms with Crippen molar-refractivity contribution in [1.82, 2.24) is 9.97 Å². The van der Waals surface area contributed by atoms with E-state index in [9.17, 15) is 0 Å². The number of imidazole rings is 1. The molecule has 1 aliphatic rings. The minimum absolute atomic E-state index is 0.533. The molecule has 0 amide bonds. The van der Waals surface area contributed by atoms with E-state index in [1.807, 2.05) is 6.92 Å². The number of aromatic amines is 1. The van der Waals surface area contributed by atoms with Gasteiger partial charge in [-0.2, -0.15) is 0 Å². The number of nitrogens with one attached hydrogen (secondary N) is 2. The lowest BCUT2D eigenvalue weighted by molar-refractivity contribution is 0.0904. The maximum Gasteiger partial charge on any atom is 0.104 e. The van der Waals surface area contributed by atoms with E-state index in [-0.39, 0.29) is 0 Å². The average molecular weight is 231 g/mol. The van der Waals surface area contributed by atoms with Crippen LogP contribution >= 0.6 is 0 Å². The van der Waals surface area contributed by atoms with Crippen LogP contribution in [0.4, 0.5) is 5.69 Å². The summed E-state index contributed by atoms with van der Waals surface area (Å²) in [5.41, 5.74) is 3.28. The summed E-state index contributed by atoms with van der Waals surface area (Å²) >= 11 is 0. The molecule has 2 aromatic rings. The van der Waals surface area contributed by atoms with Crippen molar-refractivity contribution in [2.45, 2.75) is 25.8 Å². The summed E-state index contributed by atoms with van der Waals surface area (Å²) in [6.45, 7) is 3.71. The predicted octanol–water partition coefficient (Wildman–Crippen LogP) is 2.46. The number of nitrogens with zero attached hydrogens (tertiary/aromatic N) is 1. The number of H-pyrrole nitrogens is 1. The first kappa shape index (κ1) is 10.6. The Labute approximate surface area is 100 Å². The molecule has 1 aliphatic heterocycles. The van der Waals surface area contributed by atoms with Crippen LogP contribution in [0.25, 0.3) is 11.0 Å². The highest BCUT2D eigenvalue weighted by Crippen LogP contribution is 2.20. The third kappa shape index (κ3) is 2.26. The average Bonchev–Trinajstić information content (AvgIpc) is 2.70. The fourth-order valence-corrected chi connectivity index (χ4v) is 2.30. The van der Waals surface area contributed by atoms with E-state index >= 15 is 0 Å². The van der Waals surface area contributed by atoms with E-state index < -0.39 is 0 Å². The lowest BCUT2D eigenvalue weighted by atomic mass is 10.1. The van der Waals surface area contributed by atoms with Crippen LogP contribution < -0.4 is 5.32 Å². The number of benzene rings is 1. The zero-order valence-corrected chi connectivity index (χ0v) is 9.99. The molecule has 0 saturated carbocycles. The molecule has 4 heteroatoms. The number of rotatable bonds is 2. The van der Waals surface area contributed by atoms with Crippen molar-refractivity contribution in [3.63, 3.8) is 0 Å². The monoisotopic (exact) mass is 231 g/mol. The highest BCUT2D eigenvalue weighted by molar-refractivity contribution is 5.79. The van der Waals surface area contributed by atoms with Crippen LogP contribution in [0.15, 0.2) is 18.2 Å². The molecule has 1 aromatic carbocycles. The smallest absolute Gasteiger partial charge is 0.104 e. The van der Waals surface area contributed by atoms with Crippen LogP contribution in [0.3, 0.4) is 0 Å². The molecule has 0 bridgehead atoms. The molecule has 0 unspecified atom stereocenters. The van der Waals surface area contributed by atoms with Crippen LogP contribution in [0.2, 0.25) is 0 Å². The first-order chi connectivity index (χ1) is 8.31. The summed E-state index contributed by atoms with van der Waals surface area (Å²) in [5.74, 6) is 0.961. The van der Waals surface area contributed by atoms with E-state index in [1.54, 1.807) is 0 Å². The molecule has 2 N–H and O–H groups in total. The Morgan fingerprint density at radius 1 is 1.35 bits per heavy atom. The number of anilines is 1. The Morgan fingerprint density at radius 3 is 3.00 bits per heavy atom. The van der Waals surface area contributed by atoms with E-state index in [0.717, 1.165) is 48.6 Å². The van der Waals surface area contributed by atoms with E-state index in [4.69, 9.17) is 4.74 Å². The van der Waals surface area contributed by atoms with Gasteiger partial charge in [0.2, 0.25) is 0 Å². The van der Waals surface area contributed by atoms with Crippen LogP contribution in [0.5, 0.6) is 0 Å². The van der Waals surface area contributed by atoms with Gasteiger partial charge in [0, 0.05) is 24.9 Å². The number of fused-ring (bicyclic) bond motifs is 1. The summed E-state index contributed by atoms with van der Waals surface area (Å²) in [7, 11) is 0. The van der Waals surface area contributed by atoms with E-state index in [2.05, 4.69) is 33.5 Å². The van der Waals surface area contributed by atoms with E-state index in [1.165, 1.54) is 0 Å². The van der Waals surface area contributed by atoms with Gasteiger partial charge in [0.05, 0.1) is 11.0 Å². The maximum absolute atomic E-state index is 5.35. The third-order valence-corrected chi connectivity index (χ3v) is 3.19. The predicted molar refractivity (Wildman–Crippen MR) is 68.3 cm³/mol. The number of aryl methyl sites for hydroxylation is 1. The largest absolute Gasteiger partial charge is 0.382 e. The fourth-order valence-electron chi connectivity index (χ4n) is 2.30. The minimum Gasteiger partial charge on any atom is -0.382 e. The quantitative estimate of drug-likeness (QED) is 0.834. The first-order valence-electron chi connectivity index (χ1n) is 6.12. The van der Waals surface area contributed by atoms with Gasteiger partial charge in [-0.3, -0.25) is 0 Å². The van der Waals surface area contributed by atoms with Crippen molar-refractivity contribution >= 4 is 16.7 Å². The van der Waals surface area contributed by atoms with Crippen LogP contribution in [-0.2, 0) is 4.74 Å². The highest BCUT2D eigenvalue weighted by Gasteiger charge is 2.13. The van der Waals surface area contributed by atoms with E-state index in [0.29, 0.717) is 6.04 Å². The number of ether oxygens (including phenoxy) is 1. The zero-order chi connectivity index (χ0) is 11.7. The van der Waals surface area contributed by atoms with Gasteiger partial charge in [-0.05, 0) is 38.0 Å². The first-order valence-corrected chi connectivity index (χ1v) is 6.12. The Morgan fingerprint density at radius 2 is 2.18 bits per heavy atom. The maximum atomic E-state index is 5.35. The second-order valence-corrected chi connectivity index (χ2v) is 4.59. The van der Waals surface area contributed by atoms with Gasteiger partial charge in [0.25, 0.3) is 0 Å². The van der Waals surface area contributed by atoms with Crippen molar-refractivity contribution in [3.05, 3.63) is 24.0 Å². The summed E-state index contributed by atoms with van der Waals surface area (Å²) in [5, 5.41) is 3.55. The Balaban J connectivity index is 1.79. The van der Waals surface area contributed by atoms with Crippen molar-refractivity contribution in [2.75, 3.05) is 18.5 Å². The van der Waals surface area contributed by atoms with Crippen LogP contribution in [0.1, 0.15) is 18.7 Å². The summed E-state index contributed by atoms with van der Waals surface area (Å²) < 4.78 is 5.35. The molecule has 0 radical (unpaired) electrons. The molecule has 4 nitrogen and oxygen atoms in total. The topological polar surface area (TPSA) is 49.9 Å². The molecule has 90 valence electrons. The van der Waals surface area contributed by atoms with Gasteiger partial charge in [0.15, 0.2) is 0 Å². The molecular weight excluding hydrogens is 214 g/mol. The molecule has 0 spiro atoms. The molecule has 2 heterocycles. The minimum atomic E-state index is 0.533. The second-order valence-electron chi connectivity index (χ2n) is 4.59. The molecule has 0 atom stereocenters. The van der Waals surface area contributed by atoms with Gasteiger partial charge in [-0.15, -0.1) is 0 Å². The van der Waals surface area contributed by atoms with Crippen LogP contribution in [-0.4, -0.2) is 29.2 Å². The zero-order valence-electron chi connectivity index (χ0n) is 9.99. The van der Waals surface area contributed by atoms with Crippen LogP contribution in [0, 0.1) is 6.92 Å². The molecule has 1 aromatic heterocycles. The summed E-state index contributed by atoms with van der Waals surface area (Å²) in [6.07, 6.45) is 2.17. The highest BCUT2D eigenvalue weighted by atomic mass is 16.5. The third-order valence-electron chi connectivity index (χ3n) is 3.19. The Kier molecular flexibility index (Phi) is 2.73. The lowest BCUT2D eigenvalue weighted by Gasteiger charge is -2.24. The molecule has 1 fully saturated rings. The fraction of sp³-hybridized carbons (Fsp3) is 0.462. The lowest BCUT2D eigenvalue weighted by Crippen LogP contribution is -2.27. The number of hydrogen-bond acceptors (Lipinski definition) is 3. The van der Waals surface area contributed by atoms with Crippen molar-refractivity contribution in [3.8, 4) is 0 Å². The van der Waals surface area contributed by atoms with Gasteiger partial charge in [0.1, 0.15) is 5.82 Å². The molecular formula is C13H17N3O. The Hall–Kier alpha value is -1.55. The molecule has 1 saturated heterocycles. The number of hydrogen-bond donors (Lipinski definition) is 2. The van der Waals surface area contributed by atoms with Gasteiger partial charge >= 0.3 is 0 Å². The summed E-state index contributed by atoms with van der Waals surface area (Å²) in [6, 6.07) is 6.81. The van der Waals surface area contributed by atoms with Gasteiger partial charge < -0.3 is 15.0 Å². The normalized spacial score (nSPS) is 17.5. The van der Waals surface area contributed by atoms with Gasteiger partial charge in [-0.25, -0.2) is 4.98 Å². The standard InChI is InChI=1S/C13H17N3O/c1-9-14-12-3-2-11(8-13(12)15-9)16-10-4-6-17-7-5-10/h2-3,8,10,16H,4-7H2,1H3,(H,14,15). The molecule has 17 heavy (non-hydrogen) atoms. The SMILES string of the molecule is Cc1nc2ccc(NC3CCOCC3)cc2[nH]1. The van der Waals surface area contributed by atoms with Crippen molar-refractivity contribution < 1.29 is 4.74 Å². The summed E-state index contributed by atoms with van der Waals surface area (Å²) in [4.78, 5) is 7.66. The van der Waals surface area contributed by atoms with Crippen molar-refractivity contribution in [2.24, 2.45) is 0 Å². The molecule has 0 aliphatic carbocycles. The Bertz CT molecular complexity index is 514. The number of aromatic nitrogens is 2. The second kappa shape index (κ2) is 4.37. The van der Waals surface area contributed by atoms with Crippen molar-refractivity contribution in [1.29, 1.82) is 0 Å². The molecule has 3 rings (SSSR count).